The molecule has 2 fully saturated rings. The highest BCUT2D eigenvalue weighted by molar-refractivity contribution is 5.83. The maximum absolute atomic E-state index is 12.7. The number of amides is 1. The summed E-state index contributed by atoms with van der Waals surface area (Å²) in [5.41, 5.74) is 8.54. The molecule has 4 rings (SSSR count). The maximum atomic E-state index is 12.7. The van der Waals surface area contributed by atoms with Gasteiger partial charge in [-0.25, -0.2) is 10.9 Å². The first kappa shape index (κ1) is 17.8. The average Bonchev–Trinajstić information content (AvgIpc) is 3.15. The highest BCUT2D eigenvalue weighted by atomic mass is 16.5. The first-order valence-electron chi connectivity index (χ1n) is 9.47. The second kappa shape index (κ2) is 7.58. The largest absolute Gasteiger partial charge is 0.508 e. The number of rotatable bonds is 5. The van der Waals surface area contributed by atoms with E-state index >= 15 is 0 Å². The lowest BCUT2D eigenvalue weighted by atomic mass is 10.0. The fourth-order valence-corrected chi connectivity index (χ4v) is 3.65. The van der Waals surface area contributed by atoms with Gasteiger partial charge in [0.05, 0.1) is 13.1 Å². The van der Waals surface area contributed by atoms with E-state index in [1.54, 1.807) is 12.1 Å². The summed E-state index contributed by atoms with van der Waals surface area (Å²) in [5.74, 6) is 1.27. The molecular formula is C21H25N3O3. The lowest BCUT2D eigenvalue weighted by Crippen LogP contribution is -2.60. The van der Waals surface area contributed by atoms with Crippen molar-refractivity contribution in [3.8, 4) is 11.5 Å². The molecule has 2 saturated heterocycles. The van der Waals surface area contributed by atoms with E-state index in [1.165, 1.54) is 5.56 Å². The van der Waals surface area contributed by atoms with Gasteiger partial charge in [-0.1, -0.05) is 37.3 Å². The predicted molar refractivity (Wildman–Crippen MR) is 102 cm³/mol. The summed E-state index contributed by atoms with van der Waals surface area (Å²) in [5, 5.41) is 9.41. The molecule has 2 aromatic rings. The minimum absolute atomic E-state index is 0.0592. The number of hydrogen-bond acceptors (Lipinski definition) is 5. The molecule has 2 aromatic carbocycles. The van der Waals surface area contributed by atoms with E-state index in [0.717, 1.165) is 17.7 Å². The number of nitrogens with one attached hydrogen (secondary N) is 2. The third-order valence-electron chi connectivity index (χ3n) is 5.30. The summed E-state index contributed by atoms with van der Waals surface area (Å²) in [6.07, 6.45) is 1.68. The molecule has 2 atom stereocenters. The monoisotopic (exact) mass is 367 g/mol. The van der Waals surface area contributed by atoms with Crippen LogP contribution in [-0.2, 0) is 11.2 Å². The van der Waals surface area contributed by atoms with Crippen molar-refractivity contribution in [1.82, 2.24) is 15.8 Å². The van der Waals surface area contributed by atoms with E-state index < -0.39 is 0 Å². The van der Waals surface area contributed by atoms with Gasteiger partial charge in [-0.3, -0.25) is 4.79 Å². The van der Waals surface area contributed by atoms with E-state index in [9.17, 15) is 9.90 Å². The quantitative estimate of drug-likeness (QED) is 0.755. The first-order chi connectivity index (χ1) is 13.1. The maximum Gasteiger partial charge on any atom is 0.241 e. The van der Waals surface area contributed by atoms with Gasteiger partial charge < -0.3 is 14.7 Å². The van der Waals surface area contributed by atoms with Gasteiger partial charge in [0, 0.05) is 6.04 Å². The van der Waals surface area contributed by atoms with Crippen molar-refractivity contribution in [2.24, 2.45) is 0 Å². The SMILES string of the molecule is CCc1ccccc1OC1CN(C(=O)C2CC(c3ccc(O)cc3)NN2)C1. The van der Waals surface area contributed by atoms with Gasteiger partial charge in [0.15, 0.2) is 0 Å². The van der Waals surface area contributed by atoms with Crippen LogP contribution in [0.4, 0.5) is 0 Å². The molecule has 0 saturated carbocycles. The number of hydrazine groups is 1. The summed E-state index contributed by atoms with van der Waals surface area (Å²) in [4.78, 5) is 14.6. The minimum Gasteiger partial charge on any atom is -0.508 e. The molecule has 1 amide bonds. The number of aryl methyl sites for hydroxylation is 1. The smallest absolute Gasteiger partial charge is 0.241 e. The zero-order chi connectivity index (χ0) is 18.8. The zero-order valence-electron chi connectivity index (χ0n) is 15.4. The number of ether oxygens (including phenoxy) is 1. The Bertz CT molecular complexity index is 803. The number of hydrogen-bond donors (Lipinski definition) is 3. The first-order valence-corrected chi connectivity index (χ1v) is 9.47. The molecule has 27 heavy (non-hydrogen) atoms. The van der Waals surface area contributed by atoms with Gasteiger partial charge in [0.2, 0.25) is 5.91 Å². The molecule has 142 valence electrons. The molecule has 2 aliphatic rings. The number of phenols is 1. The highest BCUT2D eigenvalue weighted by Gasteiger charge is 2.39. The number of para-hydroxylation sites is 1. The molecule has 6 heteroatoms. The molecule has 3 N–H and O–H groups in total. The van der Waals surface area contributed by atoms with Crippen molar-refractivity contribution in [3.05, 3.63) is 59.7 Å². The molecule has 2 unspecified atom stereocenters. The second-order valence-electron chi connectivity index (χ2n) is 7.17. The van der Waals surface area contributed by atoms with Crippen LogP contribution in [-0.4, -0.2) is 41.1 Å². The van der Waals surface area contributed by atoms with Crippen LogP contribution in [0.3, 0.4) is 0 Å². The Balaban J connectivity index is 1.29. The van der Waals surface area contributed by atoms with Crippen molar-refractivity contribution >= 4 is 5.91 Å². The van der Waals surface area contributed by atoms with Crippen LogP contribution in [0.5, 0.6) is 11.5 Å². The van der Waals surface area contributed by atoms with Crippen LogP contribution in [0.1, 0.15) is 30.5 Å². The fourth-order valence-electron chi connectivity index (χ4n) is 3.65. The highest BCUT2D eigenvalue weighted by Crippen LogP contribution is 2.27. The molecule has 0 aliphatic carbocycles. The molecule has 0 radical (unpaired) electrons. The third kappa shape index (κ3) is 3.77. The molecular weight excluding hydrogens is 342 g/mol. The van der Waals surface area contributed by atoms with Crippen molar-refractivity contribution in [3.63, 3.8) is 0 Å². The fraction of sp³-hybridized carbons (Fsp3) is 0.381. The molecule has 6 nitrogen and oxygen atoms in total. The van der Waals surface area contributed by atoms with Gasteiger partial charge in [0.25, 0.3) is 0 Å². The molecule has 2 heterocycles. The molecule has 0 bridgehead atoms. The van der Waals surface area contributed by atoms with Gasteiger partial charge >= 0.3 is 0 Å². The van der Waals surface area contributed by atoms with E-state index in [0.29, 0.717) is 19.5 Å². The number of phenolic OH excluding ortho intramolecular Hbond substituents is 1. The lowest BCUT2D eigenvalue weighted by Gasteiger charge is -2.40. The summed E-state index contributed by atoms with van der Waals surface area (Å²) in [7, 11) is 0. The summed E-state index contributed by atoms with van der Waals surface area (Å²) in [6.45, 7) is 3.36. The Morgan fingerprint density at radius 1 is 1.15 bits per heavy atom. The van der Waals surface area contributed by atoms with Crippen LogP contribution in [0.25, 0.3) is 0 Å². The van der Waals surface area contributed by atoms with Crippen LogP contribution in [0.15, 0.2) is 48.5 Å². The second-order valence-corrected chi connectivity index (χ2v) is 7.17. The normalized spacial score (nSPS) is 22.5. The number of carbonyl (C=O) groups excluding carboxylic acids is 1. The summed E-state index contributed by atoms with van der Waals surface area (Å²) >= 11 is 0. The van der Waals surface area contributed by atoms with Gasteiger partial charge in [0.1, 0.15) is 23.6 Å². The Labute approximate surface area is 159 Å². The molecule has 2 aliphatic heterocycles. The summed E-state index contributed by atoms with van der Waals surface area (Å²) < 4.78 is 6.06. The van der Waals surface area contributed by atoms with Crippen molar-refractivity contribution in [2.45, 2.75) is 38.0 Å². The van der Waals surface area contributed by atoms with Crippen LogP contribution in [0, 0.1) is 0 Å². The van der Waals surface area contributed by atoms with Crippen LogP contribution >= 0.6 is 0 Å². The number of aromatic hydroxyl groups is 1. The molecule has 0 aromatic heterocycles. The number of nitrogens with zero attached hydrogens (tertiary/aromatic N) is 1. The lowest BCUT2D eigenvalue weighted by molar-refractivity contribution is -0.142. The van der Waals surface area contributed by atoms with Gasteiger partial charge in [-0.15, -0.1) is 0 Å². The minimum atomic E-state index is -0.243. The van der Waals surface area contributed by atoms with Gasteiger partial charge in [-0.2, -0.15) is 0 Å². The Morgan fingerprint density at radius 2 is 1.89 bits per heavy atom. The van der Waals surface area contributed by atoms with E-state index in [-0.39, 0.29) is 29.8 Å². The zero-order valence-corrected chi connectivity index (χ0v) is 15.4. The van der Waals surface area contributed by atoms with E-state index in [1.807, 2.05) is 35.2 Å². The van der Waals surface area contributed by atoms with Crippen molar-refractivity contribution in [1.29, 1.82) is 0 Å². The van der Waals surface area contributed by atoms with Gasteiger partial charge in [-0.05, 0) is 42.2 Å². The summed E-state index contributed by atoms with van der Waals surface area (Å²) in [6, 6.07) is 15.0. The van der Waals surface area contributed by atoms with E-state index in [4.69, 9.17) is 4.74 Å². The van der Waals surface area contributed by atoms with E-state index in [2.05, 4.69) is 23.8 Å². The Kier molecular flexibility index (Phi) is 5.01. The standard InChI is InChI=1S/C21H25N3O3/c1-2-14-5-3-4-6-20(14)27-17-12-24(13-17)21(26)19-11-18(22-23-19)15-7-9-16(25)10-8-15/h3-10,17-19,22-23,25H,2,11-13H2,1H3. The predicted octanol–water partition coefficient (Wildman–Crippen LogP) is 2.15. The molecule has 0 spiro atoms. The number of likely N-dealkylation sites (tertiary alicyclic amines) is 1. The average molecular weight is 367 g/mol. The van der Waals surface area contributed by atoms with Crippen molar-refractivity contribution in [2.75, 3.05) is 13.1 Å². The Hall–Kier alpha value is -2.57. The van der Waals surface area contributed by atoms with Crippen LogP contribution in [0.2, 0.25) is 0 Å². The topological polar surface area (TPSA) is 73.8 Å². The third-order valence-corrected chi connectivity index (χ3v) is 5.30. The number of carbonyl (C=O) groups is 1. The van der Waals surface area contributed by atoms with Crippen LogP contribution < -0.4 is 15.6 Å². The number of benzene rings is 2. The Morgan fingerprint density at radius 3 is 2.63 bits per heavy atom. The van der Waals surface area contributed by atoms with Crippen molar-refractivity contribution < 1.29 is 14.6 Å².